The van der Waals surface area contributed by atoms with Crippen molar-refractivity contribution in [3.05, 3.63) is 74.3 Å². The van der Waals surface area contributed by atoms with E-state index in [-0.39, 0.29) is 18.7 Å². The van der Waals surface area contributed by atoms with Crippen LogP contribution in [0.1, 0.15) is 12.5 Å². The second-order valence-electron chi connectivity index (χ2n) is 5.35. The molecule has 2 rings (SSSR count). The van der Waals surface area contributed by atoms with Crippen LogP contribution < -0.4 is 5.32 Å². The average Bonchev–Trinajstić information content (AvgIpc) is 2.62. The summed E-state index contributed by atoms with van der Waals surface area (Å²) in [7, 11) is 0. The average molecular weight is 359 g/mol. The highest BCUT2D eigenvalue weighted by molar-refractivity contribution is 5.81. The first-order valence-corrected chi connectivity index (χ1v) is 7.82. The smallest absolute Gasteiger partial charge is 0.328 e. The molecule has 0 bridgehead atoms. The maximum atomic E-state index is 12.2. The number of rotatable bonds is 8. The van der Waals surface area contributed by atoms with E-state index in [0.29, 0.717) is 0 Å². The molecule has 26 heavy (non-hydrogen) atoms. The Morgan fingerprint density at radius 2 is 1.81 bits per heavy atom. The van der Waals surface area contributed by atoms with Gasteiger partial charge in [0.15, 0.2) is 0 Å². The normalized spacial score (nSPS) is 11.4. The predicted octanol–water partition coefficient (Wildman–Crippen LogP) is 3.09. The fraction of sp³-hybridized carbons (Fsp3) is 0.235. The predicted molar refractivity (Wildman–Crippen MR) is 93.9 cm³/mol. The zero-order valence-corrected chi connectivity index (χ0v) is 14.0. The number of nitro benzene ring substituents is 2. The number of carbonyl (C=O) groups excluding carboxylic acids is 1. The summed E-state index contributed by atoms with van der Waals surface area (Å²) in [6, 6.07) is 11.4. The molecule has 0 saturated heterocycles. The van der Waals surface area contributed by atoms with Gasteiger partial charge in [-0.05, 0) is 18.6 Å². The minimum absolute atomic E-state index is 0.00887. The van der Waals surface area contributed by atoms with Crippen LogP contribution in [0.5, 0.6) is 0 Å². The lowest BCUT2D eigenvalue weighted by Gasteiger charge is -2.18. The van der Waals surface area contributed by atoms with Crippen molar-refractivity contribution in [3.8, 4) is 0 Å². The summed E-state index contributed by atoms with van der Waals surface area (Å²) in [4.78, 5) is 32.9. The van der Waals surface area contributed by atoms with Crippen LogP contribution in [-0.4, -0.2) is 28.5 Å². The Morgan fingerprint density at radius 3 is 2.38 bits per heavy atom. The second-order valence-corrected chi connectivity index (χ2v) is 5.35. The fourth-order valence-electron chi connectivity index (χ4n) is 2.38. The molecule has 0 heterocycles. The number of ether oxygens (including phenoxy) is 1. The fourth-order valence-corrected chi connectivity index (χ4v) is 2.38. The molecule has 0 aliphatic carbocycles. The standard InChI is InChI=1S/C17H17N3O6/c1-2-26-17(21)15(10-12-6-4-3-5-7-12)18-14-9-8-13(19(22)23)11-16(14)20(24)25/h3-9,11,15,18H,2,10H2,1H3. The van der Waals surface area contributed by atoms with Crippen LogP contribution in [0.25, 0.3) is 0 Å². The Labute approximate surface area is 148 Å². The molecular formula is C17H17N3O6. The molecule has 1 N–H and O–H groups in total. The minimum Gasteiger partial charge on any atom is -0.464 e. The van der Waals surface area contributed by atoms with Crippen molar-refractivity contribution < 1.29 is 19.4 Å². The Bertz CT molecular complexity index is 809. The number of carbonyl (C=O) groups is 1. The van der Waals surface area contributed by atoms with E-state index < -0.39 is 33.2 Å². The largest absolute Gasteiger partial charge is 0.464 e. The van der Waals surface area contributed by atoms with Crippen LogP contribution in [0.4, 0.5) is 17.1 Å². The van der Waals surface area contributed by atoms with Gasteiger partial charge in [-0.2, -0.15) is 0 Å². The Hall–Kier alpha value is -3.49. The highest BCUT2D eigenvalue weighted by atomic mass is 16.6. The van der Waals surface area contributed by atoms with Crippen LogP contribution >= 0.6 is 0 Å². The van der Waals surface area contributed by atoms with Gasteiger partial charge in [-0.3, -0.25) is 20.2 Å². The summed E-state index contributed by atoms with van der Waals surface area (Å²) >= 11 is 0. The van der Waals surface area contributed by atoms with E-state index in [1.807, 2.05) is 30.3 Å². The molecule has 0 aromatic heterocycles. The lowest BCUT2D eigenvalue weighted by atomic mass is 10.1. The summed E-state index contributed by atoms with van der Waals surface area (Å²) in [6.07, 6.45) is 0.244. The summed E-state index contributed by atoms with van der Waals surface area (Å²) in [5, 5.41) is 24.9. The van der Waals surface area contributed by atoms with Crippen LogP contribution in [0, 0.1) is 20.2 Å². The molecule has 2 aromatic rings. The van der Waals surface area contributed by atoms with Gasteiger partial charge in [0.1, 0.15) is 11.7 Å². The van der Waals surface area contributed by atoms with Crippen LogP contribution in [0.2, 0.25) is 0 Å². The molecule has 0 amide bonds. The summed E-state index contributed by atoms with van der Waals surface area (Å²) in [5.74, 6) is -0.566. The third-order valence-electron chi connectivity index (χ3n) is 3.57. The van der Waals surface area contributed by atoms with E-state index in [4.69, 9.17) is 4.74 Å². The molecule has 0 aliphatic heterocycles. The van der Waals surface area contributed by atoms with Crippen molar-refractivity contribution in [2.45, 2.75) is 19.4 Å². The molecule has 0 saturated carbocycles. The van der Waals surface area contributed by atoms with Crippen molar-refractivity contribution in [2.75, 3.05) is 11.9 Å². The Balaban J connectivity index is 2.33. The van der Waals surface area contributed by atoms with E-state index in [2.05, 4.69) is 5.32 Å². The zero-order valence-electron chi connectivity index (χ0n) is 14.0. The quantitative estimate of drug-likeness (QED) is 0.436. The highest BCUT2D eigenvalue weighted by Gasteiger charge is 2.26. The topological polar surface area (TPSA) is 125 Å². The number of nitrogens with zero attached hydrogens (tertiary/aromatic N) is 2. The third kappa shape index (κ3) is 4.76. The third-order valence-corrected chi connectivity index (χ3v) is 3.57. The van der Waals surface area contributed by atoms with Crippen LogP contribution in [-0.2, 0) is 16.0 Å². The van der Waals surface area contributed by atoms with Crippen molar-refractivity contribution in [3.63, 3.8) is 0 Å². The number of nitro groups is 2. The van der Waals surface area contributed by atoms with Gasteiger partial charge in [0.25, 0.3) is 11.4 Å². The molecule has 9 heteroatoms. The van der Waals surface area contributed by atoms with Crippen LogP contribution in [0.15, 0.2) is 48.5 Å². The molecule has 1 atom stereocenters. The van der Waals surface area contributed by atoms with Gasteiger partial charge in [-0.15, -0.1) is 0 Å². The number of non-ortho nitro benzene ring substituents is 1. The van der Waals surface area contributed by atoms with E-state index in [0.717, 1.165) is 17.7 Å². The summed E-state index contributed by atoms with van der Waals surface area (Å²) in [6.45, 7) is 1.82. The van der Waals surface area contributed by atoms with E-state index in [1.54, 1.807) is 6.92 Å². The molecule has 1 unspecified atom stereocenters. The highest BCUT2D eigenvalue weighted by Crippen LogP contribution is 2.30. The van der Waals surface area contributed by atoms with Gasteiger partial charge in [0.2, 0.25) is 0 Å². The van der Waals surface area contributed by atoms with Crippen molar-refractivity contribution in [1.82, 2.24) is 0 Å². The van der Waals surface area contributed by atoms with E-state index in [9.17, 15) is 25.0 Å². The van der Waals surface area contributed by atoms with Gasteiger partial charge in [0, 0.05) is 12.5 Å². The molecule has 0 spiro atoms. The number of benzene rings is 2. The van der Waals surface area contributed by atoms with Crippen molar-refractivity contribution in [2.24, 2.45) is 0 Å². The molecule has 0 aliphatic rings. The van der Waals surface area contributed by atoms with Gasteiger partial charge >= 0.3 is 5.97 Å². The minimum atomic E-state index is -0.877. The second kappa shape index (κ2) is 8.56. The van der Waals surface area contributed by atoms with Crippen molar-refractivity contribution >= 4 is 23.0 Å². The zero-order chi connectivity index (χ0) is 19.1. The summed E-state index contributed by atoms with van der Waals surface area (Å²) in [5.41, 5.74) is -0.0447. The Morgan fingerprint density at radius 1 is 1.12 bits per heavy atom. The number of anilines is 1. The van der Waals surface area contributed by atoms with E-state index >= 15 is 0 Å². The molecule has 136 valence electrons. The number of nitrogens with one attached hydrogen (secondary N) is 1. The van der Waals surface area contributed by atoms with Crippen LogP contribution in [0.3, 0.4) is 0 Å². The first kappa shape index (κ1) is 18.8. The molecule has 2 aromatic carbocycles. The first-order chi connectivity index (χ1) is 12.4. The van der Waals surface area contributed by atoms with Gasteiger partial charge in [0.05, 0.1) is 22.5 Å². The maximum Gasteiger partial charge on any atom is 0.328 e. The lowest BCUT2D eigenvalue weighted by Crippen LogP contribution is -2.33. The maximum absolute atomic E-state index is 12.2. The number of hydrogen-bond acceptors (Lipinski definition) is 7. The molecular weight excluding hydrogens is 342 g/mol. The molecule has 0 radical (unpaired) electrons. The van der Waals surface area contributed by atoms with E-state index in [1.165, 1.54) is 6.07 Å². The number of hydrogen-bond donors (Lipinski definition) is 1. The van der Waals surface area contributed by atoms with Gasteiger partial charge < -0.3 is 10.1 Å². The van der Waals surface area contributed by atoms with Crippen molar-refractivity contribution in [1.29, 1.82) is 0 Å². The first-order valence-electron chi connectivity index (χ1n) is 7.82. The Kier molecular flexibility index (Phi) is 6.20. The lowest BCUT2D eigenvalue weighted by molar-refractivity contribution is -0.393. The SMILES string of the molecule is CCOC(=O)C(Cc1ccccc1)Nc1ccc([N+](=O)[O-])cc1[N+](=O)[O-]. The number of esters is 1. The monoisotopic (exact) mass is 359 g/mol. The van der Waals surface area contributed by atoms with Gasteiger partial charge in [-0.1, -0.05) is 30.3 Å². The molecule has 0 fully saturated rings. The summed E-state index contributed by atoms with van der Waals surface area (Å²) < 4.78 is 5.03. The van der Waals surface area contributed by atoms with Gasteiger partial charge in [-0.25, -0.2) is 4.79 Å². The molecule has 9 nitrogen and oxygen atoms in total.